The standard InChI is InChI=1S/4C23H34NSi.Ti/c4*1-18-12-11-17-22(4,24-19-13-9-10-14-19)21(2,3)23(18,5)25-20-15-7-6-8-16-20;/h4*6-10,13-16,18-19H,11-12,17,25H2,1-5H3;/q4*-1;+4. The van der Waals surface area contributed by atoms with Crippen molar-refractivity contribution in [3.05, 3.63) is 240 Å². The van der Waals surface area contributed by atoms with Crippen LogP contribution in [-0.4, -0.2) is 84.4 Å². The quantitative estimate of drug-likeness (QED) is 0.0793. The zero-order valence-corrected chi connectivity index (χ0v) is 74.2. The van der Waals surface area contributed by atoms with Crippen molar-refractivity contribution in [1.29, 1.82) is 0 Å². The van der Waals surface area contributed by atoms with E-state index < -0.39 is 38.1 Å². The Kier molecular flexibility index (Phi) is 27.9. The molecule has 0 amide bonds. The van der Waals surface area contributed by atoms with Crippen molar-refractivity contribution in [1.82, 2.24) is 0 Å². The van der Waals surface area contributed by atoms with Crippen LogP contribution in [0.4, 0.5) is 0 Å². The Morgan fingerprint density at radius 3 is 0.574 bits per heavy atom. The summed E-state index contributed by atoms with van der Waals surface area (Å²) in [7, 11) is -1.69. The molecule has 4 saturated carbocycles. The van der Waals surface area contributed by atoms with Crippen LogP contribution < -0.4 is 20.7 Å². The molecule has 0 heterocycles. The zero-order chi connectivity index (χ0) is 72.5. The molecule has 4 aromatic carbocycles. The van der Waals surface area contributed by atoms with Crippen molar-refractivity contribution in [2.45, 2.75) is 282 Å². The van der Waals surface area contributed by atoms with E-state index >= 15 is 0 Å². The molecular weight excluding hydrogens is 1320 g/mol. The van der Waals surface area contributed by atoms with Crippen LogP contribution >= 0.6 is 0 Å². The summed E-state index contributed by atoms with van der Waals surface area (Å²) in [5.74, 6) is 3.00. The van der Waals surface area contributed by atoms with Crippen LogP contribution in [0.15, 0.2) is 219 Å². The van der Waals surface area contributed by atoms with Crippen LogP contribution in [0, 0.1) is 45.3 Å². The molecule has 4 nitrogen and oxygen atoms in total. The molecule has 0 N–H and O–H groups in total. The van der Waals surface area contributed by atoms with Crippen molar-refractivity contribution < 1.29 is 21.7 Å². The fourth-order valence-electron chi connectivity index (χ4n) is 20.4. The van der Waals surface area contributed by atoms with Gasteiger partial charge in [0.05, 0.1) is 38.1 Å². The second-order valence-corrected chi connectivity index (χ2v) is 47.2. The molecule has 0 bridgehead atoms. The summed E-state index contributed by atoms with van der Waals surface area (Å²) in [5.41, 5.74) is 0.834. The summed E-state index contributed by atoms with van der Waals surface area (Å²) in [6, 6.07) is 46.1. The van der Waals surface area contributed by atoms with E-state index in [1.807, 2.05) is 0 Å². The third-order valence-corrected chi connectivity index (χ3v) is 43.7. The predicted octanol–water partition coefficient (Wildman–Crippen LogP) is 20.5. The predicted molar refractivity (Wildman–Crippen MR) is 454 cm³/mol. The van der Waals surface area contributed by atoms with Crippen LogP contribution in [0.2, 0.25) is 20.2 Å². The van der Waals surface area contributed by atoms with Gasteiger partial charge in [-0.15, -0.1) is 22.2 Å². The van der Waals surface area contributed by atoms with E-state index in [1.54, 1.807) is 20.7 Å². The van der Waals surface area contributed by atoms with Gasteiger partial charge in [0.1, 0.15) is 0 Å². The maximum atomic E-state index is 5.40. The first kappa shape index (κ1) is 82.9. The van der Waals surface area contributed by atoms with Crippen LogP contribution in [-0.2, 0) is 21.7 Å². The van der Waals surface area contributed by atoms with Gasteiger partial charge >= 0.3 is 21.7 Å². The number of benzene rings is 4. The van der Waals surface area contributed by atoms with Gasteiger partial charge in [-0.1, -0.05) is 479 Å². The minimum absolute atomic E-state index is 0. The summed E-state index contributed by atoms with van der Waals surface area (Å²) < 4.78 is 0. The van der Waals surface area contributed by atoms with E-state index in [2.05, 4.69) is 357 Å². The van der Waals surface area contributed by atoms with Gasteiger partial charge in [-0.25, -0.2) is 0 Å². The van der Waals surface area contributed by atoms with E-state index in [0.717, 1.165) is 23.7 Å². The number of rotatable bonds is 16. The number of nitrogens with zero attached hydrogens (tertiary/aromatic N) is 4. The molecule has 544 valence electrons. The van der Waals surface area contributed by atoms with Gasteiger partial charge in [0.15, 0.2) is 0 Å². The van der Waals surface area contributed by atoms with Crippen LogP contribution in [0.25, 0.3) is 21.3 Å². The van der Waals surface area contributed by atoms with Gasteiger partial charge in [-0.2, -0.15) is 0 Å². The van der Waals surface area contributed by atoms with E-state index in [4.69, 9.17) is 21.3 Å². The van der Waals surface area contributed by atoms with Gasteiger partial charge in [-0.3, -0.25) is 0 Å². The third kappa shape index (κ3) is 17.6. The molecule has 12 rings (SSSR count). The summed E-state index contributed by atoms with van der Waals surface area (Å²) in [5, 5.41) is 29.4. The smallest absolute Gasteiger partial charge is 0.647 e. The van der Waals surface area contributed by atoms with E-state index in [-0.39, 0.29) is 89.7 Å². The first-order chi connectivity index (χ1) is 47.1. The zero-order valence-electron chi connectivity index (χ0n) is 67.0. The Bertz CT molecular complexity index is 3010. The first-order valence-electron chi connectivity index (χ1n) is 39.6. The molecule has 8 aliphatic rings. The molecule has 0 aliphatic heterocycles. The van der Waals surface area contributed by atoms with Gasteiger partial charge < -0.3 is 21.3 Å². The summed E-state index contributed by atoms with van der Waals surface area (Å²) in [6.45, 7) is 50.1. The monoisotopic (exact) mass is 1460 g/mol. The molecule has 0 saturated heterocycles. The molecule has 12 unspecified atom stereocenters. The second kappa shape index (κ2) is 34.0. The first-order valence-corrected chi connectivity index (χ1v) is 45.2. The molecule has 101 heavy (non-hydrogen) atoms. The average Bonchev–Trinajstić information content (AvgIpc) is 1.75. The maximum absolute atomic E-state index is 5.40. The Morgan fingerprint density at radius 2 is 0.416 bits per heavy atom. The van der Waals surface area contributed by atoms with Crippen molar-refractivity contribution in [3.8, 4) is 0 Å². The van der Waals surface area contributed by atoms with Gasteiger partial charge in [0, 0.05) is 0 Å². The molecule has 4 aromatic rings. The van der Waals surface area contributed by atoms with E-state index in [1.165, 1.54) is 77.0 Å². The Morgan fingerprint density at radius 1 is 0.257 bits per heavy atom. The normalized spacial score (nSPS) is 35.1. The largest absolute Gasteiger partial charge is 4.00 e. The maximum Gasteiger partial charge on any atom is 4.00 e. The number of hydrogen-bond acceptors (Lipinski definition) is 0. The van der Waals surface area contributed by atoms with Crippen molar-refractivity contribution in [3.63, 3.8) is 0 Å². The Hall–Kier alpha value is -3.78. The minimum atomic E-state index is -0.423. The Balaban J connectivity index is 0.000000171. The van der Waals surface area contributed by atoms with Gasteiger partial charge in [0.2, 0.25) is 0 Å². The van der Waals surface area contributed by atoms with Crippen LogP contribution in [0.5, 0.6) is 0 Å². The van der Waals surface area contributed by atoms with Crippen molar-refractivity contribution >= 4 is 58.8 Å². The molecule has 4 fully saturated rings. The molecule has 12 atom stereocenters. The molecule has 0 radical (unpaired) electrons. The minimum Gasteiger partial charge on any atom is -0.647 e. The van der Waals surface area contributed by atoms with Crippen molar-refractivity contribution in [2.24, 2.45) is 45.3 Å². The third-order valence-electron chi connectivity index (χ3n) is 31.0. The number of hydrogen-bond donors (Lipinski definition) is 0. The summed E-state index contributed by atoms with van der Waals surface area (Å²) in [4.78, 5) is 0. The molecule has 8 aliphatic carbocycles. The summed E-state index contributed by atoms with van der Waals surface area (Å²) in [6.07, 6.45) is 50.4. The van der Waals surface area contributed by atoms with Gasteiger partial charge in [-0.05, 0) is 65.5 Å². The topological polar surface area (TPSA) is 56.4 Å². The second-order valence-electron chi connectivity index (χ2n) is 36.6. The molecule has 0 spiro atoms. The van der Waals surface area contributed by atoms with E-state index in [9.17, 15) is 0 Å². The molecular formula is C92H136N4Si4Ti. The SMILES string of the molecule is CC1CCCC(C)([N-]C2C=CC=C2)C(C)(C)C1(C)[SiH2]c1ccccc1.CC1CCCC(C)([N-]C2C=CC=C2)C(C)(C)C1(C)[SiH2]c1ccccc1.CC1CCCC(C)([N-]C2C=CC=C2)C(C)(C)C1(C)[SiH2]c1ccccc1.CC1CCCC(C)([N-]C2C=CC=C2)C(C)(C)C1(C)[SiH2]c1ccccc1.[Ti+4]. The average molecular weight is 1460 g/mol. The van der Waals surface area contributed by atoms with Crippen LogP contribution in [0.1, 0.15) is 216 Å². The van der Waals surface area contributed by atoms with Gasteiger partial charge in [0.25, 0.3) is 0 Å². The fourth-order valence-corrected chi connectivity index (χ4v) is 31.3. The van der Waals surface area contributed by atoms with Crippen LogP contribution in [0.3, 0.4) is 0 Å². The molecule has 9 heteroatoms. The van der Waals surface area contributed by atoms with E-state index in [0.29, 0.717) is 20.2 Å². The Labute approximate surface area is 642 Å². The van der Waals surface area contributed by atoms with Crippen molar-refractivity contribution in [2.75, 3.05) is 0 Å². The molecule has 0 aromatic heterocycles. The fraction of sp³-hybridized carbons (Fsp3) is 0.565. The summed E-state index contributed by atoms with van der Waals surface area (Å²) >= 11 is 0. The number of allylic oxidation sites excluding steroid dienone is 8.